The van der Waals surface area contributed by atoms with Gasteiger partial charge in [0.2, 0.25) is 0 Å². The summed E-state index contributed by atoms with van der Waals surface area (Å²) in [6.45, 7) is -0.145. The third kappa shape index (κ3) is 10.6. The summed E-state index contributed by atoms with van der Waals surface area (Å²) in [5.74, 6) is -1.06. The van der Waals surface area contributed by atoms with Gasteiger partial charge in [0.1, 0.15) is 18.5 Å². The van der Waals surface area contributed by atoms with Crippen molar-refractivity contribution in [3.63, 3.8) is 0 Å². The number of para-hydroxylation sites is 1. The van der Waals surface area contributed by atoms with Crippen molar-refractivity contribution in [3.8, 4) is 5.75 Å². The SMILES string of the molecule is O=C(O)c1ccccc1.O=C(O)c1ccccc1.OCC(O)COc1ccccc1. The number of carboxylic acids is 2. The van der Waals surface area contributed by atoms with Crippen molar-refractivity contribution in [1.82, 2.24) is 0 Å². The average molecular weight is 412 g/mol. The van der Waals surface area contributed by atoms with Crippen LogP contribution in [0.1, 0.15) is 20.7 Å². The molecule has 1 atom stereocenters. The molecule has 0 saturated carbocycles. The highest BCUT2D eigenvalue weighted by Crippen LogP contribution is 2.08. The quantitative estimate of drug-likeness (QED) is 0.490. The fourth-order valence-electron chi connectivity index (χ4n) is 1.92. The molecule has 1 unspecified atom stereocenters. The molecule has 0 heterocycles. The molecular weight excluding hydrogens is 388 g/mol. The Kier molecular flexibility index (Phi) is 11.6. The zero-order chi connectivity index (χ0) is 22.2. The first-order valence-corrected chi connectivity index (χ1v) is 8.97. The van der Waals surface area contributed by atoms with Crippen molar-refractivity contribution in [2.24, 2.45) is 0 Å². The zero-order valence-corrected chi connectivity index (χ0v) is 16.2. The van der Waals surface area contributed by atoms with Gasteiger partial charge in [-0.3, -0.25) is 0 Å². The molecule has 0 saturated heterocycles. The summed E-state index contributed by atoms with van der Waals surface area (Å²) in [5.41, 5.74) is 0.662. The van der Waals surface area contributed by atoms with Gasteiger partial charge in [-0.1, -0.05) is 54.6 Å². The largest absolute Gasteiger partial charge is 0.491 e. The van der Waals surface area contributed by atoms with Gasteiger partial charge in [-0.15, -0.1) is 0 Å². The van der Waals surface area contributed by atoms with Crippen LogP contribution in [-0.2, 0) is 0 Å². The molecule has 4 N–H and O–H groups in total. The van der Waals surface area contributed by atoms with E-state index in [1.165, 1.54) is 0 Å². The summed E-state index contributed by atoms with van der Waals surface area (Å²) in [6, 6.07) is 25.8. The molecular formula is C23H24O7. The summed E-state index contributed by atoms with van der Waals surface area (Å²) in [4.78, 5) is 20.4. The molecule has 0 fully saturated rings. The van der Waals surface area contributed by atoms with Crippen LogP contribution < -0.4 is 4.74 Å². The summed E-state index contributed by atoms with van der Waals surface area (Å²) in [7, 11) is 0. The van der Waals surface area contributed by atoms with E-state index in [2.05, 4.69) is 0 Å². The van der Waals surface area contributed by atoms with E-state index in [-0.39, 0.29) is 13.2 Å². The molecule has 0 radical (unpaired) electrons. The maximum atomic E-state index is 10.2. The lowest BCUT2D eigenvalue weighted by molar-refractivity contribution is 0.0536. The van der Waals surface area contributed by atoms with E-state index >= 15 is 0 Å². The first kappa shape index (κ1) is 24.4. The molecule has 0 amide bonds. The van der Waals surface area contributed by atoms with Crippen LogP contribution in [0.3, 0.4) is 0 Å². The first-order valence-electron chi connectivity index (χ1n) is 8.97. The van der Waals surface area contributed by atoms with Gasteiger partial charge in [0.15, 0.2) is 0 Å². The number of rotatable bonds is 6. The Labute approximate surface area is 174 Å². The molecule has 0 aliphatic rings. The van der Waals surface area contributed by atoms with Gasteiger partial charge in [0.05, 0.1) is 17.7 Å². The predicted octanol–water partition coefficient (Wildman–Crippen LogP) is 3.19. The molecule has 7 nitrogen and oxygen atoms in total. The maximum absolute atomic E-state index is 10.2. The number of benzene rings is 3. The summed E-state index contributed by atoms with van der Waals surface area (Å²) >= 11 is 0. The number of carbonyl (C=O) groups is 2. The van der Waals surface area contributed by atoms with Gasteiger partial charge < -0.3 is 25.2 Å². The number of aliphatic hydroxyl groups excluding tert-OH is 2. The maximum Gasteiger partial charge on any atom is 0.335 e. The topological polar surface area (TPSA) is 124 Å². The number of hydrogen-bond donors (Lipinski definition) is 4. The molecule has 30 heavy (non-hydrogen) atoms. The Bertz CT molecular complexity index is 803. The van der Waals surface area contributed by atoms with Gasteiger partial charge in [-0.25, -0.2) is 9.59 Å². The number of ether oxygens (including phenoxy) is 1. The minimum absolute atomic E-state index is 0.126. The van der Waals surface area contributed by atoms with Crippen molar-refractivity contribution < 1.29 is 34.8 Å². The van der Waals surface area contributed by atoms with E-state index < -0.39 is 18.0 Å². The van der Waals surface area contributed by atoms with Crippen LogP contribution in [0.15, 0.2) is 91.0 Å². The van der Waals surface area contributed by atoms with Crippen molar-refractivity contribution in [2.75, 3.05) is 13.2 Å². The summed E-state index contributed by atoms with van der Waals surface area (Å²) < 4.78 is 5.15. The van der Waals surface area contributed by atoms with Crippen LogP contribution in [0, 0.1) is 0 Å². The molecule has 0 spiro atoms. The summed E-state index contributed by atoms with van der Waals surface area (Å²) in [5, 5.41) is 34.2. The lowest BCUT2D eigenvalue weighted by Gasteiger charge is -2.08. The van der Waals surface area contributed by atoms with Crippen molar-refractivity contribution in [3.05, 3.63) is 102 Å². The zero-order valence-electron chi connectivity index (χ0n) is 16.2. The van der Waals surface area contributed by atoms with E-state index in [0.717, 1.165) is 0 Å². The number of aromatic carboxylic acids is 2. The van der Waals surface area contributed by atoms with E-state index in [4.69, 9.17) is 25.2 Å². The van der Waals surface area contributed by atoms with Crippen LogP contribution in [0.4, 0.5) is 0 Å². The first-order chi connectivity index (χ1) is 14.4. The van der Waals surface area contributed by atoms with Crippen molar-refractivity contribution in [2.45, 2.75) is 6.10 Å². The van der Waals surface area contributed by atoms with Crippen LogP contribution in [0.25, 0.3) is 0 Å². The van der Waals surface area contributed by atoms with E-state index in [1.54, 1.807) is 72.8 Å². The van der Waals surface area contributed by atoms with Crippen LogP contribution in [-0.4, -0.2) is 51.7 Å². The second-order valence-corrected chi connectivity index (χ2v) is 5.80. The number of aliphatic hydroxyl groups is 2. The van der Waals surface area contributed by atoms with E-state index in [0.29, 0.717) is 16.9 Å². The molecule has 7 heteroatoms. The fourth-order valence-corrected chi connectivity index (χ4v) is 1.92. The molecule has 3 aromatic rings. The predicted molar refractivity (Wildman–Crippen MR) is 112 cm³/mol. The molecule has 0 aromatic heterocycles. The molecule has 3 aromatic carbocycles. The van der Waals surface area contributed by atoms with Crippen LogP contribution in [0.2, 0.25) is 0 Å². The van der Waals surface area contributed by atoms with Gasteiger partial charge in [0.25, 0.3) is 0 Å². The van der Waals surface area contributed by atoms with Crippen LogP contribution in [0.5, 0.6) is 5.75 Å². The fraction of sp³-hybridized carbons (Fsp3) is 0.130. The van der Waals surface area contributed by atoms with E-state index in [1.807, 2.05) is 18.2 Å². The Morgan fingerprint density at radius 2 is 1.07 bits per heavy atom. The molecule has 158 valence electrons. The van der Waals surface area contributed by atoms with Gasteiger partial charge >= 0.3 is 11.9 Å². The highest BCUT2D eigenvalue weighted by Gasteiger charge is 2.01. The van der Waals surface area contributed by atoms with Crippen LogP contribution >= 0.6 is 0 Å². The molecule has 0 aliphatic carbocycles. The normalized spacial score (nSPS) is 10.3. The second-order valence-electron chi connectivity index (χ2n) is 5.80. The minimum atomic E-state index is -0.879. The Balaban J connectivity index is 0.000000229. The lowest BCUT2D eigenvalue weighted by atomic mass is 10.2. The van der Waals surface area contributed by atoms with Gasteiger partial charge in [-0.05, 0) is 36.4 Å². The minimum Gasteiger partial charge on any atom is -0.491 e. The molecule has 0 bridgehead atoms. The van der Waals surface area contributed by atoms with E-state index in [9.17, 15) is 9.59 Å². The Morgan fingerprint density at radius 3 is 1.37 bits per heavy atom. The number of hydrogen-bond acceptors (Lipinski definition) is 5. The standard InChI is InChI=1S/C9H12O3.2C7H6O2/c10-6-8(11)7-12-9-4-2-1-3-5-9;2*8-7(9)6-4-2-1-3-5-6/h1-5,8,10-11H,6-7H2;2*1-5H,(H,8,9). The highest BCUT2D eigenvalue weighted by molar-refractivity contribution is 5.87. The van der Waals surface area contributed by atoms with Crippen molar-refractivity contribution in [1.29, 1.82) is 0 Å². The van der Waals surface area contributed by atoms with Gasteiger partial charge in [0, 0.05) is 0 Å². The highest BCUT2D eigenvalue weighted by atomic mass is 16.5. The smallest absolute Gasteiger partial charge is 0.335 e. The second kappa shape index (κ2) is 14.3. The van der Waals surface area contributed by atoms with Crippen molar-refractivity contribution >= 4 is 11.9 Å². The Hall–Kier alpha value is -3.68. The third-order valence-electron chi connectivity index (χ3n) is 3.44. The lowest BCUT2D eigenvalue weighted by Crippen LogP contribution is -2.21. The molecule has 3 rings (SSSR count). The Morgan fingerprint density at radius 1 is 0.700 bits per heavy atom. The van der Waals surface area contributed by atoms with Gasteiger partial charge in [-0.2, -0.15) is 0 Å². The monoisotopic (exact) mass is 412 g/mol. The summed E-state index contributed by atoms with van der Waals surface area (Å²) in [6.07, 6.45) is -0.801. The third-order valence-corrected chi connectivity index (χ3v) is 3.44. The molecule has 0 aliphatic heterocycles. The number of carboxylic acid groups (broad SMARTS) is 2. The average Bonchev–Trinajstić information content (AvgIpc) is 2.80.